The van der Waals surface area contributed by atoms with Crippen LogP contribution >= 0.6 is 11.3 Å². The lowest BCUT2D eigenvalue weighted by Crippen LogP contribution is -2.36. The number of hydrogen-bond acceptors (Lipinski definition) is 11. The topological polar surface area (TPSA) is 150 Å². The van der Waals surface area contributed by atoms with Gasteiger partial charge in [0.2, 0.25) is 5.95 Å². The van der Waals surface area contributed by atoms with Crippen molar-refractivity contribution in [1.29, 1.82) is 0 Å². The van der Waals surface area contributed by atoms with Crippen LogP contribution in [0.1, 0.15) is 42.1 Å². The number of nitrogens with zero attached hydrogens (tertiary/aromatic N) is 4. The SMILES string of the molecule is Cc1nc(NCc2c(F)cc(F)cc2F)nc(NC2CC(CS(C)(=O)=O)C(O)C2O)c1-c1nc2c(C3CC3)nccc2s1. The lowest BCUT2D eigenvalue weighted by molar-refractivity contribution is 0.0216. The summed E-state index contributed by atoms with van der Waals surface area (Å²) in [5.74, 6) is -3.59. The molecule has 2 aliphatic rings. The van der Waals surface area contributed by atoms with Gasteiger partial charge in [-0.25, -0.2) is 31.6 Å². The molecule has 2 saturated carbocycles. The average molecular weight is 635 g/mol. The molecule has 0 aliphatic heterocycles. The third kappa shape index (κ3) is 6.16. The van der Waals surface area contributed by atoms with Gasteiger partial charge in [-0.05, 0) is 32.3 Å². The average Bonchev–Trinajstić information content (AvgIpc) is 3.62. The second kappa shape index (κ2) is 11.3. The fourth-order valence-corrected chi connectivity index (χ4v) is 7.73. The number of halogens is 3. The van der Waals surface area contributed by atoms with Crippen molar-refractivity contribution in [3.05, 3.63) is 58.8 Å². The summed E-state index contributed by atoms with van der Waals surface area (Å²) in [6.45, 7) is 1.33. The van der Waals surface area contributed by atoms with Gasteiger partial charge in [-0.15, -0.1) is 11.3 Å². The Labute approximate surface area is 249 Å². The van der Waals surface area contributed by atoms with Gasteiger partial charge in [0.05, 0.1) is 39.5 Å². The van der Waals surface area contributed by atoms with Crippen molar-refractivity contribution in [2.24, 2.45) is 5.92 Å². The second-order valence-electron chi connectivity index (χ2n) is 11.2. The van der Waals surface area contributed by atoms with Crippen LogP contribution in [0.15, 0.2) is 24.4 Å². The quantitative estimate of drug-likeness (QED) is 0.213. The Hall–Kier alpha value is -3.40. The second-order valence-corrected chi connectivity index (χ2v) is 14.4. The summed E-state index contributed by atoms with van der Waals surface area (Å²) >= 11 is 1.41. The smallest absolute Gasteiger partial charge is 0.225 e. The van der Waals surface area contributed by atoms with Gasteiger partial charge >= 0.3 is 0 Å². The van der Waals surface area contributed by atoms with Crippen molar-refractivity contribution in [2.45, 2.75) is 56.9 Å². The first-order valence-electron chi connectivity index (χ1n) is 13.7. The summed E-state index contributed by atoms with van der Waals surface area (Å²) in [5.41, 5.74) is 2.28. The molecule has 3 aromatic heterocycles. The van der Waals surface area contributed by atoms with Crippen molar-refractivity contribution >= 4 is 43.2 Å². The van der Waals surface area contributed by atoms with Gasteiger partial charge in [0.1, 0.15) is 49.7 Å². The predicted octanol–water partition coefficient (Wildman–Crippen LogP) is 3.93. The number of aliphatic hydroxyl groups excluding tert-OH is 2. The minimum Gasteiger partial charge on any atom is -0.390 e. The van der Waals surface area contributed by atoms with E-state index < -0.39 is 57.0 Å². The summed E-state index contributed by atoms with van der Waals surface area (Å²) in [4.78, 5) is 18.5. The van der Waals surface area contributed by atoms with Crippen molar-refractivity contribution in [1.82, 2.24) is 19.9 Å². The van der Waals surface area contributed by atoms with E-state index in [1.54, 1.807) is 13.1 Å². The number of aryl methyl sites for hydroxylation is 1. The summed E-state index contributed by atoms with van der Waals surface area (Å²) < 4.78 is 66.7. The highest BCUT2D eigenvalue weighted by atomic mass is 32.2. The number of benzene rings is 1. The molecular formula is C28H29F3N6O4S2. The van der Waals surface area contributed by atoms with Crippen molar-refractivity contribution in [3.63, 3.8) is 0 Å². The van der Waals surface area contributed by atoms with E-state index >= 15 is 0 Å². The molecule has 0 amide bonds. The fourth-order valence-electron chi connectivity index (χ4n) is 5.56. The minimum absolute atomic E-state index is 0.00552. The molecule has 43 heavy (non-hydrogen) atoms. The van der Waals surface area contributed by atoms with Gasteiger partial charge in [0.25, 0.3) is 0 Å². The summed E-state index contributed by atoms with van der Waals surface area (Å²) in [6, 6.07) is 2.27. The molecule has 0 bridgehead atoms. The summed E-state index contributed by atoms with van der Waals surface area (Å²) in [7, 11) is -3.42. The Morgan fingerprint density at radius 3 is 2.47 bits per heavy atom. The van der Waals surface area contributed by atoms with E-state index in [1.165, 1.54) is 11.3 Å². The standard InChI is InChI=1S/C28H29F3N6O4S2/c1-12-21(27-36-23-20(42-27)5-6-32-22(23)13-3-4-13)26(35-19-7-14(11-43(2,40)41)24(38)25(19)39)37-28(34-12)33-10-16-17(30)8-15(29)9-18(16)31/h5-6,8-9,13-14,19,24-25,38-39H,3-4,7,10-11H2,1-2H3,(H2,33,34,35,37). The first-order valence-corrected chi connectivity index (χ1v) is 16.6. The van der Waals surface area contributed by atoms with E-state index in [2.05, 4.69) is 25.6 Å². The van der Waals surface area contributed by atoms with E-state index in [1.807, 2.05) is 6.07 Å². The number of aromatic nitrogens is 4. The van der Waals surface area contributed by atoms with Crippen LogP contribution in [0.3, 0.4) is 0 Å². The molecule has 10 nitrogen and oxygen atoms in total. The van der Waals surface area contributed by atoms with Gasteiger partial charge in [-0.3, -0.25) is 4.98 Å². The summed E-state index contributed by atoms with van der Waals surface area (Å²) in [5, 5.41) is 28.0. The summed E-state index contributed by atoms with van der Waals surface area (Å²) in [6.07, 6.45) is 2.47. The van der Waals surface area contributed by atoms with Crippen LogP contribution in [-0.4, -0.2) is 68.8 Å². The number of anilines is 2. The number of rotatable bonds is 9. The molecule has 4 atom stereocenters. The highest BCUT2D eigenvalue weighted by Crippen LogP contribution is 2.44. The minimum atomic E-state index is -3.42. The van der Waals surface area contributed by atoms with E-state index in [0.29, 0.717) is 34.3 Å². The molecule has 2 fully saturated rings. The maximum absolute atomic E-state index is 14.3. The number of nitrogens with one attached hydrogen (secondary N) is 2. The van der Waals surface area contributed by atoms with Crippen LogP contribution in [0.2, 0.25) is 0 Å². The highest BCUT2D eigenvalue weighted by molar-refractivity contribution is 7.90. The fraction of sp³-hybridized carbons (Fsp3) is 0.429. The first kappa shape index (κ1) is 29.7. The van der Waals surface area contributed by atoms with E-state index in [9.17, 15) is 31.8 Å². The third-order valence-electron chi connectivity index (χ3n) is 7.77. The normalized spacial score (nSPS) is 22.3. The lowest BCUT2D eigenvalue weighted by atomic mass is 10.1. The Bertz CT molecular complexity index is 1790. The number of aliphatic hydroxyl groups is 2. The molecule has 6 rings (SSSR count). The maximum Gasteiger partial charge on any atom is 0.225 e. The lowest BCUT2D eigenvalue weighted by Gasteiger charge is -2.21. The molecule has 0 radical (unpaired) electrons. The van der Waals surface area contributed by atoms with Crippen LogP contribution < -0.4 is 10.6 Å². The molecule has 228 valence electrons. The zero-order valence-corrected chi connectivity index (χ0v) is 24.8. The number of fused-ring (bicyclic) bond motifs is 1. The van der Waals surface area contributed by atoms with Gasteiger partial charge in [0, 0.05) is 48.5 Å². The zero-order chi connectivity index (χ0) is 30.6. The molecule has 0 spiro atoms. The highest BCUT2D eigenvalue weighted by Gasteiger charge is 2.43. The largest absolute Gasteiger partial charge is 0.390 e. The molecule has 4 aromatic rings. The third-order valence-corrected chi connectivity index (χ3v) is 9.84. The zero-order valence-electron chi connectivity index (χ0n) is 23.2. The van der Waals surface area contributed by atoms with Crippen LogP contribution in [-0.2, 0) is 16.4 Å². The first-order chi connectivity index (χ1) is 20.4. The maximum atomic E-state index is 14.3. The van der Waals surface area contributed by atoms with Crippen LogP contribution in [0.4, 0.5) is 24.9 Å². The Balaban J connectivity index is 1.38. The molecule has 2 aliphatic carbocycles. The van der Waals surface area contributed by atoms with Gasteiger partial charge in [-0.1, -0.05) is 0 Å². The predicted molar refractivity (Wildman–Crippen MR) is 156 cm³/mol. The van der Waals surface area contributed by atoms with Gasteiger partial charge in [0.15, 0.2) is 0 Å². The molecule has 4 N–H and O–H groups in total. The van der Waals surface area contributed by atoms with E-state index in [-0.39, 0.29) is 30.5 Å². The van der Waals surface area contributed by atoms with Crippen LogP contribution in [0.5, 0.6) is 0 Å². The number of sulfone groups is 1. The molecular weight excluding hydrogens is 605 g/mol. The Kier molecular flexibility index (Phi) is 7.77. The Morgan fingerprint density at radius 1 is 1.07 bits per heavy atom. The molecule has 15 heteroatoms. The number of thiazole rings is 1. The van der Waals surface area contributed by atoms with Crippen molar-refractivity contribution < 1.29 is 31.8 Å². The van der Waals surface area contributed by atoms with E-state index in [4.69, 9.17) is 4.98 Å². The number of hydrogen-bond donors (Lipinski definition) is 4. The van der Waals surface area contributed by atoms with E-state index in [0.717, 1.165) is 35.0 Å². The van der Waals surface area contributed by atoms with Crippen molar-refractivity contribution in [3.8, 4) is 10.6 Å². The monoisotopic (exact) mass is 634 g/mol. The molecule has 3 heterocycles. The van der Waals surface area contributed by atoms with Gasteiger partial charge < -0.3 is 20.8 Å². The molecule has 4 unspecified atom stereocenters. The van der Waals surface area contributed by atoms with Crippen LogP contribution in [0.25, 0.3) is 20.8 Å². The molecule has 1 aromatic carbocycles. The number of pyridine rings is 1. The van der Waals surface area contributed by atoms with Crippen LogP contribution in [0, 0.1) is 30.3 Å². The van der Waals surface area contributed by atoms with Gasteiger partial charge in [-0.2, -0.15) is 4.98 Å². The Morgan fingerprint density at radius 2 is 1.79 bits per heavy atom. The molecule has 0 saturated heterocycles. The van der Waals surface area contributed by atoms with Crippen molar-refractivity contribution in [2.75, 3.05) is 22.6 Å².